The molecule has 1 aromatic heterocycles. The highest BCUT2D eigenvalue weighted by atomic mass is 35.5. The molecule has 1 atom stereocenters. The van der Waals surface area contributed by atoms with Crippen LogP contribution in [0, 0.1) is 17.7 Å². The van der Waals surface area contributed by atoms with Crippen LogP contribution in [0.5, 0.6) is 0 Å². The Morgan fingerprint density at radius 3 is 2.50 bits per heavy atom. The summed E-state index contributed by atoms with van der Waals surface area (Å²) in [5.41, 5.74) is 2.26. The summed E-state index contributed by atoms with van der Waals surface area (Å²) in [5, 5.41) is 1.34. The van der Waals surface area contributed by atoms with E-state index in [1.807, 2.05) is 13.0 Å². The molecule has 1 aliphatic rings. The lowest BCUT2D eigenvalue weighted by atomic mass is 9.73. The van der Waals surface area contributed by atoms with Crippen molar-refractivity contribution in [2.45, 2.75) is 38.5 Å². The normalized spacial score (nSPS) is 18.9. The molecule has 1 aliphatic carbocycles. The number of pyridine rings is 1. The molecule has 1 heterocycles. The predicted octanol–water partition coefficient (Wildman–Crippen LogP) is 7.30. The highest BCUT2D eigenvalue weighted by Crippen LogP contribution is 2.41. The molecule has 0 spiro atoms. The third-order valence-corrected chi connectivity index (χ3v) is 7.07. The number of halogens is 3. The van der Waals surface area contributed by atoms with E-state index in [1.165, 1.54) is 6.07 Å². The molecule has 2 amide bonds. The van der Waals surface area contributed by atoms with Gasteiger partial charge in [0, 0.05) is 22.5 Å². The van der Waals surface area contributed by atoms with Crippen LogP contribution in [0.3, 0.4) is 0 Å². The van der Waals surface area contributed by atoms with E-state index in [0.717, 1.165) is 47.0 Å². The quantitative estimate of drug-likeness (QED) is 0.343. The summed E-state index contributed by atoms with van der Waals surface area (Å²) in [5.74, 6) is -0.643. The second-order valence-electron chi connectivity index (χ2n) is 8.63. The summed E-state index contributed by atoms with van der Waals surface area (Å²) in [4.78, 5) is 31.4. The molecule has 178 valence electrons. The van der Waals surface area contributed by atoms with Crippen molar-refractivity contribution in [3.05, 3.63) is 71.1 Å². The number of amides is 2. The number of fused-ring (bicyclic) bond motifs is 1. The van der Waals surface area contributed by atoms with Crippen molar-refractivity contribution >= 4 is 51.8 Å². The smallest absolute Gasteiger partial charge is 0.422 e. The van der Waals surface area contributed by atoms with Gasteiger partial charge in [-0.2, -0.15) is 0 Å². The predicted molar refractivity (Wildman–Crippen MR) is 132 cm³/mol. The molecule has 1 fully saturated rings. The van der Waals surface area contributed by atoms with Crippen molar-refractivity contribution in [3.8, 4) is 0 Å². The van der Waals surface area contributed by atoms with E-state index in [1.54, 1.807) is 42.6 Å². The van der Waals surface area contributed by atoms with Gasteiger partial charge in [0.05, 0.1) is 11.2 Å². The maximum absolute atomic E-state index is 13.9. The van der Waals surface area contributed by atoms with E-state index in [0.29, 0.717) is 10.7 Å². The maximum Gasteiger partial charge on any atom is 0.422 e. The Morgan fingerprint density at radius 1 is 1.12 bits per heavy atom. The van der Waals surface area contributed by atoms with Gasteiger partial charge in [0.15, 0.2) is 6.07 Å². The first-order chi connectivity index (χ1) is 16.4. The number of hydrogen-bond donors (Lipinski definition) is 0. The Hall–Kier alpha value is -2.70. The molecule has 3 aromatic rings. The van der Waals surface area contributed by atoms with Gasteiger partial charge in [-0.1, -0.05) is 30.1 Å². The minimum atomic E-state index is -0.812. The lowest BCUT2D eigenvalue weighted by molar-refractivity contribution is -0.123. The van der Waals surface area contributed by atoms with Crippen molar-refractivity contribution in [2.24, 2.45) is 11.8 Å². The summed E-state index contributed by atoms with van der Waals surface area (Å²) < 4.78 is 18.8. The molecule has 0 unspecified atom stereocenters. The second-order valence-corrected chi connectivity index (χ2v) is 9.29. The van der Waals surface area contributed by atoms with Crippen LogP contribution >= 0.6 is 23.2 Å². The second kappa shape index (κ2) is 10.7. The van der Waals surface area contributed by atoms with E-state index >= 15 is 0 Å². The van der Waals surface area contributed by atoms with Gasteiger partial charge in [-0.05, 0) is 91.6 Å². The molecule has 0 N–H and O–H groups in total. The summed E-state index contributed by atoms with van der Waals surface area (Å²) in [7, 11) is 0. The van der Waals surface area contributed by atoms with Crippen molar-refractivity contribution in [3.63, 3.8) is 0 Å². The lowest BCUT2D eigenvalue weighted by Crippen LogP contribution is -2.43. The zero-order valence-electron chi connectivity index (χ0n) is 18.7. The highest BCUT2D eigenvalue weighted by Gasteiger charge is 2.35. The molecule has 2 aromatic carbocycles. The van der Waals surface area contributed by atoms with E-state index in [2.05, 4.69) is 4.98 Å². The molecule has 1 saturated carbocycles. The third-order valence-electron chi connectivity index (χ3n) is 6.71. The van der Waals surface area contributed by atoms with Crippen LogP contribution in [-0.4, -0.2) is 23.1 Å². The molecular weight excluding hydrogens is 478 g/mol. The fourth-order valence-corrected chi connectivity index (χ4v) is 5.07. The van der Waals surface area contributed by atoms with Gasteiger partial charge in [-0.15, -0.1) is 0 Å². The molecule has 8 heteroatoms. The van der Waals surface area contributed by atoms with Crippen LogP contribution in [0.4, 0.5) is 14.9 Å². The summed E-state index contributed by atoms with van der Waals surface area (Å²) in [6.45, 7) is 1.85. The first-order valence-electron chi connectivity index (χ1n) is 11.3. The minimum Gasteiger partial charge on any atom is -0.432 e. The Morgan fingerprint density at radius 2 is 1.82 bits per heavy atom. The van der Waals surface area contributed by atoms with Crippen LogP contribution in [-0.2, 0) is 9.53 Å². The molecule has 0 radical (unpaired) electrons. The Labute approximate surface area is 207 Å². The monoisotopic (exact) mass is 502 g/mol. The first kappa shape index (κ1) is 24.4. The molecule has 0 aliphatic heterocycles. The average Bonchev–Trinajstić information content (AvgIpc) is 2.85. The van der Waals surface area contributed by atoms with Gasteiger partial charge in [-0.25, -0.2) is 14.1 Å². The number of anilines is 1. The maximum atomic E-state index is 13.9. The van der Waals surface area contributed by atoms with Crippen LogP contribution in [0.2, 0.25) is 5.02 Å². The van der Waals surface area contributed by atoms with Crippen molar-refractivity contribution in [1.29, 1.82) is 0 Å². The van der Waals surface area contributed by atoms with Crippen LogP contribution in [0.1, 0.15) is 44.1 Å². The third kappa shape index (κ3) is 5.18. The number of carbonyl (C=O) groups excluding carboxylic acids is 2. The van der Waals surface area contributed by atoms with Gasteiger partial charge in [0.2, 0.25) is 5.91 Å². The van der Waals surface area contributed by atoms with Crippen molar-refractivity contribution in [1.82, 2.24) is 4.98 Å². The largest absolute Gasteiger partial charge is 0.432 e. The summed E-state index contributed by atoms with van der Waals surface area (Å²) >= 11 is 11.5. The molecule has 0 bridgehead atoms. The van der Waals surface area contributed by atoms with Gasteiger partial charge in [0.1, 0.15) is 5.82 Å². The number of carbonyl (C=O) groups is 2. The fraction of sp³-hybridized carbons (Fsp3) is 0.346. The topological polar surface area (TPSA) is 59.5 Å². The number of benzene rings is 2. The van der Waals surface area contributed by atoms with E-state index in [4.69, 9.17) is 27.9 Å². The minimum absolute atomic E-state index is 0.104. The average molecular weight is 503 g/mol. The molecule has 4 rings (SSSR count). The van der Waals surface area contributed by atoms with Crippen LogP contribution in [0.25, 0.3) is 10.9 Å². The van der Waals surface area contributed by atoms with E-state index in [9.17, 15) is 14.0 Å². The molecule has 0 saturated heterocycles. The van der Waals surface area contributed by atoms with Crippen molar-refractivity contribution in [2.75, 3.05) is 11.0 Å². The van der Waals surface area contributed by atoms with Crippen molar-refractivity contribution < 1.29 is 18.7 Å². The Bertz CT molecular complexity index is 1180. The molecule has 34 heavy (non-hydrogen) atoms. The standard InChI is InChI=1S/C26H25Cl2FN2O3/c1-16(25(32)31(26(33)34-15-27)21-9-6-19(28)7-10-21)17-2-4-18(5-3-17)22-12-13-30-24-11-8-20(29)14-23(22)24/h6-14,16-18H,2-5,15H2,1H3/t16-,17?,18?/m1/s1. The number of rotatable bonds is 5. The highest BCUT2D eigenvalue weighted by molar-refractivity contribution is 6.30. The first-order valence-corrected chi connectivity index (χ1v) is 12.2. The number of hydrogen-bond acceptors (Lipinski definition) is 4. The number of ether oxygens (including phenoxy) is 1. The van der Waals surface area contributed by atoms with E-state index < -0.39 is 12.0 Å². The zero-order chi connectivity index (χ0) is 24.2. The number of nitrogens with zero attached hydrogens (tertiary/aromatic N) is 2. The van der Waals surface area contributed by atoms with Gasteiger partial charge >= 0.3 is 6.09 Å². The summed E-state index contributed by atoms with van der Waals surface area (Å²) in [6, 6.07) is 12.7. The van der Waals surface area contributed by atoms with Gasteiger partial charge < -0.3 is 4.74 Å². The number of imide groups is 1. The number of aromatic nitrogens is 1. The Kier molecular flexibility index (Phi) is 7.69. The fourth-order valence-electron chi connectivity index (χ4n) is 4.86. The van der Waals surface area contributed by atoms with Crippen LogP contribution < -0.4 is 4.90 Å². The van der Waals surface area contributed by atoms with Gasteiger partial charge in [-0.3, -0.25) is 9.78 Å². The van der Waals surface area contributed by atoms with E-state index in [-0.39, 0.29) is 29.6 Å². The molecule has 5 nitrogen and oxygen atoms in total. The molecular formula is C26H25Cl2FN2O3. The Balaban J connectivity index is 1.49. The lowest BCUT2D eigenvalue weighted by Gasteiger charge is -2.34. The summed E-state index contributed by atoms with van der Waals surface area (Å²) in [6.07, 6.45) is 4.31. The SMILES string of the molecule is C[C@@H](C(=O)N(C(=O)OCCl)c1ccc(Cl)cc1)C1CCC(c2ccnc3ccc(F)cc23)CC1. The number of alkyl halides is 1. The van der Waals surface area contributed by atoms with Gasteiger partial charge in [0.25, 0.3) is 0 Å². The van der Waals surface area contributed by atoms with Crippen LogP contribution in [0.15, 0.2) is 54.7 Å². The zero-order valence-corrected chi connectivity index (χ0v) is 20.2.